The van der Waals surface area contributed by atoms with Crippen molar-refractivity contribution in [1.29, 1.82) is 0 Å². The van der Waals surface area contributed by atoms with Crippen molar-refractivity contribution in [3.8, 4) is 10.9 Å². The van der Waals surface area contributed by atoms with Crippen LogP contribution in [0.2, 0.25) is 0 Å². The minimum atomic E-state index is 1.28. The summed E-state index contributed by atoms with van der Waals surface area (Å²) in [5.41, 5.74) is 1.32. The summed E-state index contributed by atoms with van der Waals surface area (Å²) in [5, 5.41) is 4.08. The van der Waals surface area contributed by atoms with Gasteiger partial charge in [0.2, 0.25) is 0 Å². The molecule has 3 rings (SSSR count). The van der Waals surface area contributed by atoms with E-state index in [-0.39, 0.29) is 0 Å². The van der Waals surface area contributed by atoms with Gasteiger partial charge in [0.05, 0.1) is 0 Å². The molecule has 76 valence electrons. The van der Waals surface area contributed by atoms with Crippen LogP contribution < -0.4 is 0 Å². The molecule has 1 heteroatoms. The topological polar surface area (TPSA) is 0 Å². The van der Waals surface area contributed by atoms with Crippen LogP contribution in [0.3, 0.4) is 0 Å². The van der Waals surface area contributed by atoms with E-state index in [0.29, 0.717) is 0 Å². The van der Waals surface area contributed by atoms with Crippen molar-refractivity contribution in [2.24, 2.45) is 0 Å². The van der Waals surface area contributed by atoms with Crippen molar-refractivity contribution >= 4 is 19.0 Å². The van der Waals surface area contributed by atoms with Crippen LogP contribution in [0.5, 0.6) is 0 Å². The van der Waals surface area contributed by atoms with Gasteiger partial charge in [-0.15, -0.1) is 0 Å². The van der Waals surface area contributed by atoms with E-state index >= 15 is 0 Å². The Morgan fingerprint density at radius 2 is 1.44 bits per heavy atom. The van der Waals surface area contributed by atoms with Crippen LogP contribution in [-0.2, 0) is 0 Å². The molecule has 0 amide bonds. The second kappa shape index (κ2) is 4.08. The van der Waals surface area contributed by atoms with E-state index < -0.39 is 0 Å². The number of hydrogen-bond acceptors (Lipinski definition) is 0. The summed E-state index contributed by atoms with van der Waals surface area (Å²) in [4.78, 5) is 0. The van der Waals surface area contributed by atoms with E-state index in [2.05, 4.69) is 66.5 Å². The van der Waals surface area contributed by atoms with E-state index in [9.17, 15) is 0 Å². The second-order valence-electron chi connectivity index (χ2n) is 3.75. The van der Waals surface area contributed by atoms with E-state index in [1.807, 2.05) is 0 Å². The smallest absolute Gasteiger partial charge is 0.0169 e. The molecule has 1 heterocycles. The largest absolute Gasteiger partial charge is 0.0671 e. The SMILES string of the molecule is c1ccc(-c2pccc3ccccc23)cc1. The predicted octanol–water partition coefficient (Wildman–Crippen LogP) is 5.09. The van der Waals surface area contributed by atoms with Gasteiger partial charge >= 0.3 is 0 Å². The van der Waals surface area contributed by atoms with Gasteiger partial charge in [-0.3, -0.25) is 0 Å². The number of rotatable bonds is 1. The molecular formula is C15H11P. The Hall–Kier alpha value is -1.65. The van der Waals surface area contributed by atoms with Crippen LogP contribution in [0.1, 0.15) is 0 Å². The number of fused-ring (bicyclic) bond motifs is 1. The highest BCUT2D eigenvalue weighted by atomic mass is 31.0. The Labute approximate surface area is 96.7 Å². The summed E-state index contributed by atoms with van der Waals surface area (Å²) in [5.74, 6) is 2.21. The molecule has 0 saturated heterocycles. The van der Waals surface area contributed by atoms with Gasteiger partial charge in [-0.1, -0.05) is 62.8 Å². The lowest BCUT2D eigenvalue weighted by Gasteiger charge is -2.05. The molecule has 0 aliphatic heterocycles. The molecule has 0 atom stereocenters. The maximum absolute atomic E-state index is 2.21. The van der Waals surface area contributed by atoms with Gasteiger partial charge < -0.3 is 0 Å². The van der Waals surface area contributed by atoms with Gasteiger partial charge in [0.25, 0.3) is 0 Å². The highest BCUT2D eigenvalue weighted by molar-refractivity contribution is 7.33. The molecule has 0 aliphatic carbocycles. The molecule has 0 aliphatic rings. The van der Waals surface area contributed by atoms with Crippen LogP contribution in [0.25, 0.3) is 21.6 Å². The summed E-state index contributed by atoms with van der Waals surface area (Å²) >= 11 is 0. The Morgan fingerprint density at radius 3 is 2.31 bits per heavy atom. The maximum Gasteiger partial charge on any atom is 0.0169 e. The molecule has 2 aromatic carbocycles. The lowest BCUT2D eigenvalue weighted by atomic mass is 10.1. The summed E-state index contributed by atoms with van der Waals surface area (Å²) in [7, 11) is 1.28. The minimum absolute atomic E-state index is 1.28. The van der Waals surface area contributed by atoms with Gasteiger partial charge in [-0.2, -0.15) is 0 Å². The Morgan fingerprint density at radius 1 is 0.688 bits per heavy atom. The highest BCUT2D eigenvalue weighted by Gasteiger charge is 2.02. The molecule has 0 saturated carbocycles. The van der Waals surface area contributed by atoms with Crippen molar-refractivity contribution in [1.82, 2.24) is 0 Å². The van der Waals surface area contributed by atoms with E-state index in [1.165, 1.54) is 29.8 Å². The van der Waals surface area contributed by atoms with Crippen molar-refractivity contribution in [2.45, 2.75) is 0 Å². The summed E-state index contributed by atoms with van der Waals surface area (Å²) in [6.07, 6.45) is 0. The first-order chi connectivity index (χ1) is 7.95. The third-order valence-electron chi connectivity index (χ3n) is 2.72. The molecule has 0 radical (unpaired) electrons. The molecule has 0 unspecified atom stereocenters. The minimum Gasteiger partial charge on any atom is -0.0671 e. The van der Waals surface area contributed by atoms with Crippen molar-refractivity contribution in [3.05, 3.63) is 66.5 Å². The zero-order chi connectivity index (χ0) is 10.8. The summed E-state index contributed by atoms with van der Waals surface area (Å²) < 4.78 is 0. The quantitative estimate of drug-likeness (QED) is 0.538. The monoisotopic (exact) mass is 222 g/mol. The molecule has 0 N–H and O–H groups in total. The Balaban J connectivity index is 2.32. The first-order valence-corrected chi connectivity index (χ1v) is 6.31. The van der Waals surface area contributed by atoms with Crippen LogP contribution in [0.15, 0.2) is 66.5 Å². The van der Waals surface area contributed by atoms with Crippen molar-refractivity contribution < 1.29 is 0 Å². The third kappa shape index (κ3) is 1.62. The first kappa shape index (κ1) is 9.57. The molecule has 3 aromatic rings. The lowest BCUT2D eigenvalue weighted by molar-refractivity contribution is 1.70. The summed E-state index contributed by atoms with van der Waals surface area (Å²) in [6.45, 7) is 0. The van der Waals surface area contributed by atoms with Crippen LogP contribution >= 0.6 is 8.19 Å². The zero-order valence-corrected chi connectivity index (χ0v) is 9.69. The Bertz CT molecular complexity index is 609. The normalized spacial score (nSPS) is 11.0. The molecule has 16 heavy (non-hydrogen) atoms. The lowest BCUT2D eigenvalue weighted by Crippen LogP contribution is -1.76. The van der Waals surface area contributed by atoms with Crippen LogP contribution in [0, 0.1) is 0 Å². The Kier molecular flexibility index (Phi) is 2.44. The fourth-order valence-corrected chi connectivity index (χ4v) is 2.97. The maximum atomic E-state index is 2.21. The highest BCUT2D eigenvalue weighted by Crippen LogP contribution is 2.34. The molecule has 0 fully saturated rings. The van der Waals surface area contributed by atoms with E-state index in [0.717, 1.165) is 0 Å². The molecule has 0 spiro atoms. The van der Waals surface area contributed by atoms with Gasteiger partial charge in [0.15, 0.2) is 0 Å². The van der Waals surface area contributed by atoms with Crippen molar-refractivity contribution in [2.75, 3.05) is 0 Å². The number of benzene rings is 2. The van der Waals surface area contributed by atoms with Crippen LogP contribution in [-0.4, -0.2) is 0 Å². The predicted molar refractivity (Wildman–Crippen MR) is 71.9 cm³/mol. The molecule has 0 nitrogen and oxygen atoms in total. The fourth-order valence-electron chi connectivity index (χ4n) is 1.95. The standard InChI is InChI=1S/C15H11P/c1-2-7-13(8-3-1)15-14-9-5-4-6-12(14)10-11-16-15/h1-11H. The summed E-state index contributed by atoms with van der Waals surface area (Å²) in [6, 6.07) is 21.4. The molecular weight excluding hydrogens is 211 g/mol. The average Bonchev–Trinajstić information content (AvgIpc) is 2.39. The van der Waals surface area contributed by atoms with Gasteiger partial charge in [0, 0.05) is 5.30 Å². The van der Waals surface area contributed by atoms with Crippen LogP contribution in [0.4, 0.5) is 0 Å². The van der Waals surface area contributed by atoms with Crippen molar-refractivity contribution in [3.63, 3.8) is 0 Å². The second-order valence-corrected chi connectivity index (χ2v) is 4.75. The number of hydrogen-bond donors (Lipinski definition) is 0. The molecule has 0 bridgehead atoms. The van der Waals surface area contributed by atoms with E-state index in [1.54, 1.807) is 0 Å². The third-order valence-corrected chi connectivity index (χ3v) is 3.78. The zero-order valence-electron chi connectivity index (χ0n) is 8.80. The molecule has 1 aromatic heterocycles. The first-order valence-electron chi connectivity index (χ1n) is 5.34. The van der Waals surface area contributed by atoms with Gasteiger partial charge in [-0.25, -0.2) is 0 Å². The average molecular weight is 222 g/mol. The van der Waals surface area contributed by atoms with Gasteiger partial charge in [-0.05, 0) is 28.2 Å². The van der Waals surface area contributed by atoms with Gasteiger partial charge in [0.1, 0.15) is 0 Å². The fraction of sp³-hybridized carbons (Fsp3) is 0. The van der Waals surface area contributed by atoms with E-state index in [4.69, 9.17) is 0 Å².